The number of hydrogen-bond donors (Lipinski definition) is 0. The molecule has 0 bridgehead atoms. The molecule has 1 aliphatic heterocycles. The van der Waals surface area contributed by atoms with Gasteiger partial charge in [-0.3, -0.25) is 4.79 Å². The molecule has 0 N–H and O–H groups in total. The van der Waals surface area contributed by atoms with Gasteiger partial charge in [0.1, 0.15) is 0 Å². The topological polar surface area (TPSA) is 17.1 Å². The lowest BCUT2D eigenvalue weighted by Gasteiger charge is -2.04. The van der Waals surface area contributed by atoms with Crippen molar-refractivity contribution in [3.05, 3.63) is 34.8 Å². The van der Waals surface area contributed by atoms with Crippen LogP contribution in [0.2, 0.25) is 0 Å². The van der Waals surface area contributed by atoms with Crippen LogP contribution in [0.25, 0.3) is 0 Å². The molecule has 0 saturated heterocycles. The average Bonchev–Trinajstić information content (AvgIpc) is 2.43. The van der Waals surface area contributed by atoms with Gasteiger partial charge in [0.05, 0.1) is 0 Å². The van der Waals surface area contributed by atoms with Gasteiger partial charge in [0.2, 0.25) is 3.79 Å². The molecule has 0 amide bonds. The first-order valence-electron chi connectivity index (χ1n) is 4.05. The van der Waals surface area contributed by atoms with Crippen LogP contribution in [-0.4, -0.2) is 9.04 Å². The molecule has 0 aromatic carbocycles. The van der Waals surface area contributed by atoms with Crippen molar-refractivity contribution >= 4 is 38.1 Å². The predicted octanol–water partition coefficient (Wildman–Crippen LogP) is 3.47. The Labute approximate surface area is 96.5 Å². The van der Waals surface area contributed by atoms with E-state index in [1.807, 2.05) is 53.2 Å². The number of thioether (sulfide) groups is 1. The van der Waals surface area contributed by atoms with Gasteiger partial charge in [-0.25, -0.2) is 0 Å². The molecule has 0 spiro atoms. The molecule has 70 valence electrons. The van der Waals surface area contributed by atoms with E-state index in [1.54, 1.807) is 11.8 Å². The Hall–Kier alpha value is -0.0300. The van der Waals surface area contributed by atoms with Gasteiger partial charge in [-0.15, -0.1) is 11.8 Å². The summed E-state index contributed by atoms with van der Waals surface area (Å²) >= 11 is 3.54. The van der Waals surface area contributed by atoms with Crippen molar-refractivity contribution in [1.82, 2.24) is 0 Å². The number of rotatable bonds is 2. The van der Waals surface area contributed by atoms with Crippen LogP contribution in [0, 0.1) is 0 Å². The summed E-state index contributed by atoms with van der Waals surface area (Å²) in [5.74, 6) is 0. The Kier molecular flexibility index (Phi) is 4.25. The van der Waals surface area contributed by atoms with Gasteiger partial charge in [0, 0.05) is 33.4 Å². The Morgan fingerprint density at radius 1 is 1.69 bits per heavy atom. The van der Waals surface area contributed by atoms with Crippen LogP contribution in [0.4, 0.5) is 0 Å². The number of allylic oxidation sites excluding steroid dienone is 4. The van der Waals surface area contributed by atoms with Crippen molar-refractivity contribution in [3.8, 4) is 0 Å². The van der Waals surface area contributed by atoms with E-state index in [9.17, 15) is 4.79 Å². The lowest BCUT2D eigenvalue weighted by atomic mass is 10.1. The average molecular weight is 306 g/mol. The zero-order valence-electron chi connectivity index (χ0n) is 7.58. The Bertz CT molecular complexity index is 302. The van der Waals surface area contributed by atoms with Crippen molar-refractivity contribution in [3.63, 3.8) is 0 Å². The molecule has 0 aliphatic carbocycles. The van der Waals surface area contributed by atoms with E-state index in [4.69, 9.17) is 0 Å². The summed E-state index contributed by atoms with van der Waals surface area (Å²) in [6, 6.07) is 0. The highest BCUT2D eigenvalue weighted by Crippen LogP contribution is 2.36. The smallest absolute Gasteiger partial charge is 0.223 e. The molecule has 1 aliphatic rings. The third kappa shape index (κ3) is 2.71. The van der Waals surface area contributed by atoms with Gasteiger partial charge >= 0.3 is 0 Å². The van der Waals surface area contributed by atoms with E-state index in [1.165, 1.54) is 0 Å². The first kappa shape index (κ1) is 11.0. The second-order valence-corrected chi connectivity index (χ2v) is 4.93. The zero-order valence-corrected chi connectivity index (χ0v) is 10.6. The minimum absolute atomic E-state index is 0.130. The van der Waals surface area contributed by atoms with Crippen molar-refractivity contribution < 1.29 is 4.79 Å². The minimum atomic E-state index is 0.130. The predicted molar refractivity (Wildman–Crippen MR) is 67.1 cm³/mol. The van der Waals surface area contributed by atoms with Gasteiger partial charge in [-0.2, -0.15) is 0 Å². The lowest BCUT2D eigenvalue weighted by molar-refractivity contribution is -0.106. The summed E-state index contributed by atoms with van der Waals surface area (Å²) in [6.07, 6.45) is 5.97. The summed E-state index contributed by atoms with van der Waals surface area (Å²) in [6.45, 7) is 4.09. The molecular weight excluding hydrogens is 295 g/mol. The van der Waals surface area contributed by atoms with Crippen molar-refractivity contribution in [2.75, 3.05) is 0 Å². The standard InChI is InChI=1S/C10H11IOS/c1-3-4-5-8-7(2)13-6-9(8)10(11)12/h3-7H,1-2H3/b4-3-,8-5+. The second-order valence-electron chi connectivity index (χ2n) is 2.73. The van der Waals surface area contributed by atoms with Crippen LogP contribution in [0.5, 0.6) is 0 Å². The SMILES string of the molecule is C/C=C\C=C1\C(C(=O)I)=CSC1C. The first-order valence-corrected chi connectivity index (χ1v) is 6.07. The Balaban J connectivity index is 2.92. The molecule has 13 heavy (non-hydrogen) atoms. The van der Waals surface area contributed by atoms with E-state index in [-0.39, 0.29) is 3.79 Å². The van der Waals surface area contributed by atoms with E-state index in [0.717, 1.165) is 11.1 Å². The highest BCUT2D eigenvalue weighted by Gasteiger charge is 2.22. The maximum atomic E-state index is 11.2. The molecule has 0 fully saturated rings. The normalized spacial score (nSPS) is 25.6. The largest absolute Gasteiger partial charge is 0.282 e. The molecule has 0 radical (unpaired) electrons. The highest BCUT2D eigenvalue weighted by atomic mass is 127. The zero-order chi connectivity index (χ0) is 9.84. The molecule has 1 atom stereocenters. The monoisotopic (exact) mass is 306 g/mol. The number of carbonyl (C=O) groups is 1. The van der Waals surface area contributed by atoms with Crippen molar-refractivity contribution in [2.24, 2.45) is 0 Å². The van der Waals surface area contributed by atoms with Crippen LogP contribution in [0.3, 0.4) is 0 Å². The van der Waals surface area contributed by atoms with Gasteiger partial charge in [0.25, 0.3) is 0 Å². The molecule has 1 unspecified atom stereocenters. The summed E-state index contributed by atoms with van der Waals surface area (Å²) in [5.41, 5.74) is 2.00. The number of carbonyl (C=O) groups excluding carboxylic acids is 1. The lowest BCUT2D eigenvalue weighted by Crippen LogP contribution is -2.01. The first-order chi connectivity index (χ1) is 6.16. The van der Waals surface area contributed by atoms with Crippen LogP contribution in [-0.2, 0) is 4.79 Å². The van der Waals surface area contributed by atoms with Crippen LogP contribution in [0.15, 0.2) is 34.8 Å². The summed E-state index contributed by atoms with van der Waals surface area (Å²) in [4.78, 5) is 11.2. The Morgan fingerprint density at radius 3 is 2.92 bits per heavy atom. The molecular formula is C10H11IOS. The maximum absolute atomic E-state index is 11.2. The highest BCUT2D eigenvalue weighted by molar-refractivity contribution is 14.1. The van der Waals surface area contributed by atoms with Crippen LogP contribution < -0.4 is 0 Å². The molecule has 1 nitrogen and oxygen atoms in total. The molecule has 1 rings (SSSR count). The van der Waals surface area contributed by atoms with Crippen molar-refractivity contribution in [2.45, 2.75) is 19.1 Å². The van der Waals surface area contributed by atoms with Gasteiger partial charge in [-0.05, 0) is 24.8 Å². The van der Waals surface area contributed by atoms with Crippen LogP contribution in [0.1, 0.15) is 13.8 Å². The third-order valence-corrected chi connectivity index (χ3v) is 3.43. The van der Waals surface area contributed by atoms with Gasteiger partial charge in [0.15, 0.2) is 0 Å². The summed E-state index contributed by atoms with van der Waals surface area (Å²) in [7, 11) is 0. The van der Waals surface area contributed by atoms with E-state index in [2.05, 4.69) is 6.92 Å². The second kappa shape index (κ2) is 5.00. The fraction of sp³-hybridized carbons (Fsp3) is 0.300. The maximum Gasteiger partial charge on any atom is 0.223 e. The number of halogens is 1. The quantitative estimate of drug-likeness (QED) is 0.574. The summed E-state index contributed by atoms with van der Waals surface area (Å²) in [5, 5.41) is 2.36. The van der Waals surface area contributed by atoms with Gasteiger partial charge < -0.3 is 0 Å². The molecule has 0 aromatic heterocycles. The molecule has 0 saturated carbocycles. The molecule has 0 aromatic rings. The summed E-state index contributed by atoms with van der Waals surface area (Å²) < 4.78 is 0.130. The molecule has 3 heteroatoms. The van der Waals surface area contributed by atoms with E-state index < -0.39 is 0 Å². The minimum Gasteiger partial charge on any atom is -0.282 e. The molecule has 1 heterocycles. The van der Waals surface area contributed by atoms with E-state index in [0.29, 0.717) is 5.25 Å². The Morgan fingerprint density at radius 2 is 2.38 bits per heavy atom. The van der Waals surface area contributed by atoms with Gasteiger partial charge in [-0.1, -0.05) is 18.2 Å². The van der Waals surface area contributed by atoms with Crippen molar-refractivity contribution in [1.29, 1.82) is 0 Å². The van der Waals surface area contributed by atoms with E-state index >= 15 is 0 Å². The van der Waals surface area contributed by atoms with Crippen LogP contribution >= 0.6 is 34.4 Å². The third-order valence-electron chi connectivity index (χ3n) is 1.82. The fourth-order valence-corrected chi connectivity index (χ4v) is 2.73. The fourth-order valence-electron chi connectivity index (χ4n) is 1.12. The number of hydrogen-bond acceptors (Lipinski definition) is 2.